The van der Waals surface area contributed by atoms with Crippen LogP contribution in [-0.2, 0) is 5.54 Å². The van der Waals surface area contributed by atoms with Gasteiger partial charge in [-0.05, 0) is 39.7 Å². The van der Waals surface area contributed by atoms with Crippen molar-refractivity contribution in [2.24, 2.45) is 11.7 Å². The van der Waals surface area contributed by atoms with Gasteiger partial charge in [-0.3, -0.25) is 9.48 Å². The SMILES string of the molecule is CC(C)(C)n1cc(C(=O)N2CCC(CN)C2)cn1. The normalized spacial score (nSPS) is 20.4. The van der Waals surface area contributed by atoms with Crippen molar-refractivity contribution < 1.29 is 4.79 Å². The zero-order chi connectivity index (χ0) is 13.3. The summed E-state index contributed by atoms with van der Waals surface area (Å²) in [5.41, 5.74) is 6.22. The lowest BCUT2D eigenvalue weighted by Crippen LogP contribution is -2.29. The molecule has 1 aliphatic rings. The van der Waals surface area contributed by atoms with Crippen LogP contribution in [-0.4, -0.2) is 40.2 Å². The van der Waals surface area contributed by atoms with E-state index in [4.69, 9.17) is 5.73 Å². The summed E-state index contributed by atoms with van der Waals surface area (Å²) in [6.45, 7) is 8.43. The van der Waals surface area contributed by atoms with Crippen LogP contribution < -0.4 is 5.73 Å². The van der Waals surface area contributed by atoms with Crippen LogP contribution in [0.4, 0.5) is 0 Å². The zero-order valence-electron chi connectivity index (χ0n) is 11.4. The van der Waals surface area contributed by atoms with E-state index in [0.29, 0.717) is 18.0 Å². The zero-order valence-corrected chi connectivity index (χ0v) is 11.4. The molecule has 0 bridgehead atoms. The minimum atomic E-state index is -0.0939. The van der Waals surface area contributed by atoms with Gasteiger partial charge in [0.25, 0.3) is 5.91 Å². The molecule has 0 aromatic carbocycles. The summed E-state index contributed by atoms with van der Waals surface area (Å²) >= 11 is 0. The molecule has 1 fully saturated rings. The fraction of sp³-hybridized carbons (Fsp3) is 0.692. The van der Waals surface area contributed by atoms with Crippen molar-refractivity contribution in [3.05, 3.63) is 18.0 Å². The number of nitrogens with two attached hydrogens (primary N) is 1. The fourth-order valence-electron chi connectivity index (χ4n) is 2.19. The number of aromatic nitrogens is 2. The summed E-state index contributed by atoms with van der Waals surface area (Å²) in [4.78, 5) is 14.2. The van der Waals surface area contributed by atoms with Crippen molar-refractivity contribution in [3.63, 3.8) is 0 Å². The van der Waals surface area contributed by atoms with Crippen LogP contribution in [0.25, 0.3) is 0 Å². The molecule has 2 N–H and O–H groups in total. The number of carbonyl (C=O) groups excluding carboxylic acids is 1. The second-order valence-corrected chi connectivity index (χ2v) is 5.99. The molecule has 0 aliphatic carbocycles. The summed E-state index contributed by atoms with van der Waals surface area (Å²) in [6.07, 6.45) is 4.50. The summed E-state index contributed by atoms with van der Waals surface area (Å²) in [5, 5.41) is 4.26. The van der Waals surface area contributed by atoms with Crippen LogP contribution in [0.2, 0.25) is 0 Å². The third kappa shape index (κ3) is 2.56. The standard InChI is InChI=1S/C13H22N4O/c1-13(2,3)17-9-11(7-15-17)12(18)16-5-4-10(6-14)8-16/h7,9-10H,4-6,8,14H2,1-3H3. The van der Waals surface area contributed by atoms with E-state index in [1.807, 2.05) is 15.8 Å². The molecule has 5 heteroatoms. The first-order valence-electron chi connectivity index (χ1n) is 6.46. The Bertz CT molecular complexity index is 432. The van der Waals surface area contributed by atoms with Crippen LogP contribution in [0.5, 0.6) is 0 Å². The van der Waals surface area contributed by atoms with Crippen LogP contribution in [0.3, 0.4) is 0 Å². The quantitative estimate of drug-likeness (QED) is 0.853. The molecule has 2 rings (SSSR count). The number of nitrogens with zero attached hydrogens (tertiary/aromatic N) is 3. The van der Waals surface area contributed by atoms with E-state index < -0.39 is 0 Å². The molecule has 1 amide bonds. The van der Waals surface area contributed by atoms with E-state index in [1.165, 1.54) is 0 Å². The van der Waals surface area contributed by atoms with Crippen molar-refractivity contribution in [2.75, 3.05) is 19.6 Å². The lowest BCUT2D eigenvalue weighted by molar-refractivity contribution is 0.0787. The van der Waals surface area contributed by atoms with E-state index in [1.54, 1.807) is 6.20 Å². The Kier molecular flexibility index (Phi) is 3.43. The first kappa shape index (κ1) is 13.1. The first-order valence-corrected chi connectivity index (χ1v) is 6.46. The topological polar surface area (TPSA) is 64.2 Å². The smallest absolute Gasteiger partial charge is 0.257 e. The van der Waals surface area contributed by atoms with Gasteiger partial charge in [0, 0.05) is 19.3 Å². The number of carbonyl (C=O) groups is 1. The van der Waals surface area contributed by atoms with Gasteiger partial charge >= 0.3 is 0 Å². The molecule has 1 unspecified atom stereocenters. The highest BCUT2D eigenvalue weighted by atomic mass is 16.2. The molecule has 1 aromatic heterocycles. The van der Waals surface area contributed by atoms with Crippen molar-refractivity contribution in [2.45, 2.75) is 32.7 Å². The Hall–Kier alpha value is -1.36. The summed E-state index contributed by atoms with van der Waals surface area (Å²) in [6, 6.07) is 0. The Morgan fingerprint density at radius 3 is 2.78 bits per heavy atom. The third-order valence-electron chi connectivity index (χ3n) is 3.42. The van der Waals surface area contributed by atoms with Gasteiger partial charge in [0.05, 0.1) is 17.3 Å². The second-order valence-electron chi connectivity index (χ2n) is 5.99. The molecule has 2 heterocycles. The average molecular weight is 250 g/mol. The van der Waals surface area contributed by atoms with Crippen LogP contribution in [0.1, 0.15) is 37.6 Å². The minimum absolute atomic E-state index is 0.0708. The predicted molar refractivity (Wildman–Crippen MR) is 70.3 cm³/mol. The molecule has 0 radical (unpaired) electrons. The monoisotopic (exact) mass is 250 g/mol. The van der Waals surface area contributed by atoms with Crippen molar-refractivity contribution in [3.8, 4) is 0 Å². The molecule has 0 spiro atoms. The van der Waals surface area contributed by atoms with E-state index >= 15 is 0 Å². The Morgan fingerprint density at radius 2 is 2.28 bits per heavy atom. The van der Waals surface area contributed by atoms with Crippen LogP contribution in [0, 0.1) is 5.92 Å². The summed E-state index contributed by atoms with van der Waals surface area (Å²) in [5.74, 6) is 0.521. The van der Waals surface area contributed by atoms with Crippen LogP contribution >= 0.6 is 0 Å². The molecule has 1 saturated heterocycles. The van der Waals surface area contributed by atoms with Gasteiger partial charge in [0.15, 0.2) is 0 Å². The number of rotatable bonds is 2. The molecular formula is C13H22N4O. The maximum Gasteiger partial charge on any atom is 0.257 e. The van der Waals surface area contributed by atoms with E-state index in [9.17, 15) is 4.79 Å². The van der Waals surface area contributed by atoms with E-state index in [2.05, 4.69) is 25.9 Å². The molecule has 100 valence electrons. The molecule has 18 heavy (non-hydrogen) atoms. The van der Waals surface area contributed by atoms with Gasteiger partial charge in [0.2, 0.25) is 0 Å². The maximum absolute atomic E-state index is 12.3. The lowest BCUT2D eigenvalue weighted by atomic mass is 10.1. The highest BCUT2D eigenvalue weighted by molar-refractivity contribution is 5.93. The van der Waals surface area contributed by atoms with E-state index in [-0.39, 0.29) is 11.4 Å². The largest absolute Gasteiger partial charge is 0.338 e. The Balaban J connectivity index is 2.08. The second kappa shape index (κ2) is 4.72. The molecular weight excluding hydrogens is 228 g/mol. The molecule has 5 nitrogen and oxygen atoms in total. The van der Waals surface area contributed by atoms with E-state index in [0.717, 1.165) is 19.5 Å². The number of amides is 1. The van der Waals surface area contributed by atoms with Crippen molar-refractivity contribution >= 4 is 5.91 Å². The third-order valence-corrected chi connectivity index (χ3v) is 3.42. The summed E-state index contributed by atoms with van der Waals surface area (Å²) in [7, 11) is 0. The number of hydrogen-bond donors (Lipinski definition) is 1. The van der Waals surface area contributed by atoms with Gasteiger partial charge in [-0.15, -0.1) is 0 Å². The molecule has 1 aromatic rings. The molecule has 1 aliphatic heterocycles. The van der Waals surface area contributed by atoms with Crippen molar-refractivity contribution in [1.82, 2.24) is 14.7 Å². The van der Waals surface area contributed by atoms with Gasteiger partial charge in [0.1, 0.15) is 0 Å². The van der Waals surface area contributed by atoms with Gasteiger partial charge in [-0.2, -0.15) is 5.10 Å². The number of hydrogen-bond acceptors (Lipinski definition) is 3. The lowest BCUT2D eigenvalue weighted by Gasteiger charge is -2.19. The fourth-order valence-corrected chi connectivity index (χ4v) is 2.19. The summed E-state index contributed by atoms with van der Waals surface area (Å²) < 4.78 is 1.83. The van der Waals surface area contributed by atoms with Gasteiger partial charge < -0.3 is 10.6 Å². The highest BCUT2D eigenvalue weighted by Gasteiger charge is 2.27. The Labute approximate surface area is 108 Å². The average Bonchev–Trinajstić information content (AvgIpc) is 2.96. The molecule has 1 atom stereocenters. The van der Waals surface area contributed by atoms with Gasteiger partial charge in [-0.25, -0.2) is 0 Å². The predicted octanol–water partition coefficient (Wildman–Crippen LogP) is 1.06. The maximum atomic E-state index is 12.3. The highest BCUT2D eigenvalue weighted by Crippen LogP contribution is 2.19. The van der Waals surface area contributed by atoms with Gasteiger partial charge in [-0.1, -0.05) is 0 Å². The minimum Gasteiger partial charge on any atom is -0.338 e. The Morgan fingerprint density at radius 1 is 1.56 bits per heavy atom. The van der Waals surface area contributed by atoms with Crippen molar-refractivity contribution in [1.29, 1.82) is 0 Å². The molecule has 0 saturated carbocycles. The number of likely N-dealkylation sites (tertiary alicyclic amines) is 1. The first-order chi connectivity index (χ1) is 8.41. The van der Waals surface area contributed by atoms with Crippen LogP contribution in [0.15, 0.2) is 12.4 Å².